The molecule has 5 heteroatoms. The van der Waals surface area contributed by atoms with Crippen molar-refractivity contribution < 1.29 is 0 Å². The maximum Gasteiger partial charge on any atom is 0.181 e. The van der Waals surface area contributed by atoms with E-state index in [1.807, 2.05) is 41.1 Å². The highest BCUT2D eigenvalue weighted by Crippen LogP contribution is 2.15. The average molecular weight is 265 g/mol. The highest BCUT2D eigenvalue weighted by atomic mass is 15.3. The van der Waals surface area contributed by atoms with Gasteiger partial charge >= 0.3 is 0 Å². The lowest BCUT2D eigenvalue weighted by molar-refractivity contribution is 0.614. The topological polar surface area (TPSA) is 69.6 Å². The van der Waals surface area contributed by atoms with Crippen LogP contribution in [0.1, 0.15) is 5.56 Å². The largest absolute Gasteiger partial charge is 0.399 e. The van der Waals surface area contributed by atoms with Crippen molar-refractivity contribution in [2.75, 3.05) is 5.73 Å². The van der Waals surface area contributed by atoms with Gasteiger partial charge in [-0.15, -0.1) is 0 Å². The molecule has 0 unspecified atom stereocenters. The predicted octanol–water partition coefficient (Wildman–Crippen LogP) is 2.17. The van der Waals surface area contributed by atoms with E-state index < -0.39 is 0 Å². The fourth-order valence-corrected chi connectivity index (χ4v) is 1.96. The molecular weight excluding hydrogens is 250 g/mol. The Morgan fingerprint density at radius 3 is 2.50 bits per heavy atom. The van der Waals surface area contributed by atoms with E-state index >= 15 is 0 Å². The molecule has 0 saturated heterocycles. The minimum Gasteiger partial charge on any atom is -0.399 e. The van der Waals surface area contributed by atoms with E-state index in [-0.39, 0.29) is 0 Å². The molecule has 0 amide bonds. The fourth-order valence-electron chi connectivity index (χ4n) is 1.96. The Balaban J connectivity index is 1.69. The Morgan fingerprint density at radius 1 is 1.00 bits per heavy atom. The van der Waals surface area contributed by atoms with Gasteiger partial charge in [-0.1, -0.05) is 0 Å². The first-order chi connectivity index (χ1) is 9.81. The number of hydrogen-bond donors (Lipinski definition) is 1. The van der Waals surface area contributed by atoms with Gasteiger partial charge in [-0.25, -0.2) is 4.98 Å². The minimum atomic E-state index is 0.722. The molecule has 0 atom stereocenters. The molecule has 0 fully saturated rings. The third-order valence-corrected chi connectivity index (χ3v) is 3.08. The van der Waals surface area contributed by atoms with E-state index in [2.05, 4.69) is 15.1 Å². The van der Waals surface area contributed by atoms with Crippen molar-refractivity contribution in [3.63, 3.8) is 0 Å². The maximum absolute atomic E-state index is 5.67. The van der Waals surface area contributed by atoms with E-state index in [0.29, 0.717) is 0 Å². The van der Waals surface area contributed by atoms with Crippen LogP contribution in [-0.4, -0.2) is 19.7 Å². The maximum atomic E-state index is 5.67. The van der Waals surface area contributed by atoms with Crippen LogP contribution in [0, 0.1) is 0 Å². The molecule has 2 N–H and O–H groups in total. The molecule has 0 radical (unpaired) electrons. The van der Waals surface area contributed by atoms with Crippen LogP contribution in [0.3, 0.4) is 0 Å². The summed E-state index contributed by atoms with van der Waals surface area (Å²) in [6.45, 7) is 0.798. The van der Waals surface area contributed by atoms with Crippen LogP contribution in [0.4, 0.5) is 5.69 Å². The van der Waals surface area contributed by atoms with E-state index in [0.717, 1.165) is 30.0 Å². The van der Waals surface area contributed by atoms with E-state index in [9.17, 15) is 0 Å². The summed E-state index contributed by atoms with van der Waals surface area (Å²) < 4.78 is 1.85. The number of rotatable bonds is 4. The summed E-state index contributed by atoms with van der Waals surface area (Å²) in [4.78, 5) is 8.33. The van der Waals surface area contributed by atoms with Crippen molar-refractivity contribution in [2.45, 2.75) is 13.0 Å². The second-order valence-corrected chi connectivity index (χ2v) is 4.56. The molecule has 0 spiro atoms. The zero-order valence-corrected chi connectivity index (χ0v) is 11.0. The van der Waals surface area contributed by atoms with E-state index in [4.69, 9.17) is 5.73 Å². The van der Waals surface area contributed by atoms with Crippen molar-refractivity contribution in [2.24, 2.45) is 0 Å². The lowest BCUT2D eigenvalue weighted by atomic mass is 10.2. The van der Waals surface area contributed by atoms with Crippen molar-refractivity contribution in [1.29, 1.82) is 0 Å². The monoisotopic (exact) mass is 265 g/mol. The molecule has 0 saturated carbocycles. The number of nitrogens with zero attached hydrogens (tertiary/aromatic N) is 4. The van der Waals surface area contributed by atoms with Crippen molar-refractivity contribution in [3.05, 3.63) is 60.7 Å². The van der Waals surface area contributed by atoms with Crippen molar-refractivity contribution in [3.8, 4) is 11.4 Å². The molecule has 0 aliphatic carbocycles. The van der Waals surface area contributed by atoms with Gasteiger partial charge in [0.15, 0.2) is 5.82 Å². The highest BCUT2D eigenvalue weighted by molar-refractivity contribution is 5.57. The van der Waals surface area contributed by atoms with Gasteiger partial charge in [-0.2, -0.15) is 5.10 Å². The molecule has 1 aromatic carbocycles. The molecule has 0 bridgehead atoms. The molecule has 0 aliphatic rings. The summed E-state index contributed by atoms with van der Waals surface area (Å²) in [5, 5.41) is 4.47. The molecule has 2 aromatic heterocycles. The number of aromatic nitrogens is 4. The number of benzene rings is 1. The molecule has 0 aliphatic heterocycles. The Kier molecular flexibility index (Phi) is 3.41. The fraction of sp³-hybridized carbons (Fsp3) is 0.133. The second-order valence-electron chi connectivity index (χ2n) is 4.56. The number of hydrogen-bond acceptors (Lipinski definition) is 4. The quantitative estimate of drug-likeness (QED) is 0.734. The molecule has 3 aromatic rings. The normalized spacial score (nSPS) is 10.6. The van der Waals surface area contributed by atoms with Gasteiger partial charge < -0.3 is 5.73 Å². The van der Waals surface area contributed by atoms with Crippen LogP contribution < -0.4 is 5.73 Å². The summed E-state index contributed by atoms with van der Waals surface area (Å²) in [5.74, 6) is 0.722. The number of nitrogen functional groups attached to an aromatic ring is 1. The number of nitrogens with two attached hydrogens (primary N) is 1. The first kappa shape index (κ1) is 12.3. The van der Waals surface area contributed by atoms with Gasteiger partial charge in [-0.05, 0) is 48.4 Å². The van der Waals surface area contributed by atoms with Gasteiger partial charge in [0, 0.05) is 30.2 Å². The zero-order chi connectivity index (χ0) is 13.8. The summed E-state index contributed by atoms with van der Waals surface area (Å²) in [6.07, 6.45) is 6.27. The lowest BCUT2D eigenvalue weighted by Crippen LogP contribution is -2.02. The molecule has 5 nitrogen and oxygen atoms in total. The molecule has 3 rings (SSSR count). The van der Waals surface area contributed by atoms with E-state index in [1.165, 1.54) is 5.56 Å². The van der Waals surface area contributed by atoms with Gasteiger partial charge in [0.25, 0.3) is 0 Å². The zero-order valence-electron chi connectivity index (χ0n) is 11.0. The van der Waals surface area contributed by atoms with Crippen LogP contribution in [0.15, 0.2) is 55.1 Å². The Labute approximate surface area is 117 Å². The molecular formula is C15H15N5. The van der Waals surface area contributed by atoms with Gasteiger partial charge in [-0.3, -0.25) is 9.67 Å². The van der Waals surface area contributed by atoms with Crippen LogP contribution in [0.25, 0.3) is 11.4 Å². The average Bonchev–Trinajstić information content (AvgIpc) is 2.96. The SMILES string of the molecule is Nc1ccc(-c2ncn(CCc3ccncc3)n2)cc1. The van der Waals surface area contributed by atoms with Crippen LogP contribution in [0.5, 0.6) is 0 Å². The summed E-state index contributed by atoms with van der Waals surface area (Å²) in [7, 11) is 0. The predicted molar refractivity (Wildman–Crippen MR) is 77.8 cm³/mol. The number of anilines is 1. The van der Waals surface area contributed by atoms with Gasteiger partial charge in [0.1, 0.15) is 6.33 Å². The van der Waals surface area contributed by atoms with Gasteiger partial charge in [0.2, 0.25) is 0 Å². The third kappa shape index (κ3) is 2.83. The highest BCUT2D eigenvalue weighted by Gasteiger charge is 2.04. The number of pyridine rings is 1. The molecule has 100 valence electrons. The summed E-state index contributed by atoms with van der Waals surface area (Å²) in [6, 6.07) is 11.6. The van der Waals surface area contributed by atoms with Crippen molar-refractivity contribution >= 4 is 5.69 Å². The first-order valence-electron chi connectivity index (χ1n) is 6.45. The third-order valence-electron chi connectivity index (χ3n) is 3.08. The number of aryl methyl sites for hydroxylation is 2. The molecule has 2 heterocycles. The molecule has 20 heavy (non-hydrogen) atoms. The Bertz CT molecular complexity index is 673. The van der Waals surface area contributed by atoms with Crippen LogP contribution >= 0.6 is 0 Å². The lowest BCUT2D eigenvalue weighted by Gasteiger charge is -2.00. The standard InChI is InChI=1S/C15H15N5/c16-14-3-1-13(2-4-14)15-18-11-20(19-15)10-7-12-5-8-17-9-6-12/h1-6,8-9,11H,7,10,16H2. The smallest absolute Gasteiger partial charge is 0.181 e. The summed E-state index contributed by atoms with van der Waals surface area (Å²) in [5.41, 5.74) is 8.63. The first-order valence-corrected chi connectivity index (χ1v) is 6.45. The van der Waals surface area contributed by atoms with Crippen LogP contribution in [0.2, 0.25) is 0 Å². The summed E-state index contributed by atoms with van der Waals surface area (Å²) >= 11 is 0. The minimum absolute atomic E-state index is 0.722. The Morgan fingerprint density at radius 2 is 1.75 bits per heavy atom. The Hall–Kier alpha value is -2.69. The van der Waals surface area contributed by atoms with Crippen LogP contribution in [-0.2, 0) is 13.0 Å². The second kappa shape index (κ2) is 5.52. The van der Waals surface area contributed by atoms with E-state index in [1.54, 1.807) is 18.7 Å². The van der Waals surface area contributed by atoms with Crippen molar-refractivity contribution in [1.82, 2.24) is 19.7 Å². The van der Waals surface area contributed by atoms with Gasteiger partial charge in [0.05, 0.1) is 0 Å².